The van der Waals surface area contributed by atoms with Gasteiger partial charge < -0.3 is 9.64 Å². The molecule has 108 valence electrons. The Bertz CT molecular complexity index is 724. The van der Waals surface area contributed by atoms with Gasteiger partial charge in [0.1, 0.15) is 5.75 Å². The molecule has 0 saturated heterocycles. The van der Waals surface area contributed by atoms with Crippen molar-refractivity contribution >= 4 is 29.2 Å². The molecule has 0 unspecified atom stereocenters. The fourth-order valence-electron chi connectivity index (χ4n) is 2.43. The van der Waals surface area contributed by atoms with E-state index in [1.54, 1.807) is 4.90 Å². The maximum Gasteiger partial charge on any atom is 0.265 e. The minimum atomic E-state index is -0.0502. The Labute approximate surface area is 126 Å². The zero-order valence-electron chi connectivity index (χ0n) is 11.8. The van der Waals surface area contributed by atoms with Crippen LogP contribution in [0.2, 0.25) is 0 Å². The van der Waals surface area contributed by atoms with Crippen LogP contribution in [-0.2, 0) is 4.79 Å². The summed E-state index contributed by atoms with van der Waals surface area (Å²) in [5, 5.41) is 0.458. The van der Waals surface area contributed by atoms with E-state index in [1.807, 2.05) is 32.0 Å². The van der Waals surface area contributed by atoms with E-state index < -0.39 is 0 Å². The second kappa shape index (κ2) is 5.29. The third-order valence-electron chi connectivity index (χ3n) is 3.41. The molecule has 0 saturated carbocycles. The Morgan fingerprint density at radius 3 is 2.95 bits per heavy atom. The zero-order valence-corrected chi connectivity index (χ0v) is 12.6. The average Bonchev–Trinajstić information content (AvgIpc) is 2.88. The van der Waals surface area contributed by atoms with E-state index in [0.717, 1.165) is 28.1 Å². The van der Waals surface area contributed by atoms with Crippen LogP contribution in [0.5, 0.6) is 5.75 Å². The summed E-state index contributed by atoms with van der Waals surface area (Å²) in [6.07, 6.45) is 0.755. The van der Waals surface area contributed by atoms with Crippen LogP contribution in [0.15, 0.2) is 18.2 Å². The van der Waals surface area contributed by atoms with Crippen LogP contribution in [0.25, 0.3) is 11.3 Å². The molecular formula is C15H14N2O3S. The van der Waals surface area contributed by atoms with Crippen LogP contribution in [-0.4, -0.2) is 30.3 Å². The summed E-state index contributed by atoms with van der Waals surface area (Å²) < 4.78 is 5.45. The number of benzene rings is 1. The van der Waals surface area contributed by atoms with Crippen molar-refractivity contribution in [3.05, 3.63) is 28.1 Å². The number of fused-ring (bicyclic) bond motifs is 1. The van der Waals surface area contributed by atoms with Gasteiger partial charge in [-0.25, -0.2) is 4.98 Å². The van der Waals surface area contributed by atoms with Crippen molar-refractivity contribution in [1.29, 1.82) is 0 Å². The Morgan fingerprint density at radius 2 is 2.29 bits per heavy atom. The minimum Gasteiger partial charge on any atom is -0.482 e. The minimum absolute atomic E-state index is 0.0502. The quantitative estimate of drug-likeness (QED) is 0.818. The number of likely N-dealkylation sites (N-methyl/N-ethyl adjacent to an activating group) is 1. The molecule has 1 aliphatic heterocycles. The molecule has 0 aliphatic carbocycles. The lowest BCUT2D eigenvalue weighted by molar-refractivity contribution is -0.121. The van der Waals surface area contributed by atoms with E-state index in [1.165, 1.54) is 11.3 Å². The van der Waals surface area contributed by atoms with Crippen molar-refractivity contribution in [2.45, 2.75) is 13.8 Å². The number of carbonyl (C=O) groups excluding carboxylic acids is 2. The first-order valence-corrected chi connectivity index (χ1v) is 7.46. The Kier molecular flexibility index (Phi) is 3.47. The molecule has 0 fully saturated rings. The summed E-state index contributed by atoms with van der Waals surface area (Å²) in [6, 6.07) is 5.64. The first-order chi connectivity index (χ1) is 10.1. The van der Waals surface area contributed by atoms with E-state index >= 15 is 0 Å². The zero-order chi connectivity index (χ0) is 15.0. The Hall–Kier alpha value is -2.21. The topological polar surface area (TPSA) is 59.5 Å². The fourth-order valence-corrected chi connectivity index (χ4v) is 3.19. The van der Waals surface area contributed by atoms with Crippen molar-refractivity contribution < 1.29 is 14.3 Å². The van der Waals surface area contributed by atoms with Gasteiger partial charge in [-0.05, 0) is 32.0 Å². The Balaban J connectivity index is 2.09. The van der Waals surface area contributed by atoms with Crippen LogP contribution in [0.4, 0.5) is 5.69 Å². The summed E-state index contributed by atoms with van der Waals surface area (Å²) in [5.41, 5.74) is 2.41. The van der Waals surface area contributed by atoms with Crippen molar-refractivity contribution in [3.63, 3.8) is 0 Å². The lowest BCUT2D eigenvalue weighted by atomic mass is 10.1. The van der Waals surface area contributed by atoms with Gasteiger partial charge >= 0.3 is 0 Å². The second-order valence-electron chi connectivity index (χ2n) is 4.68. The van der Waals surface area contributed by atoms with Crippen molar-refractivity contribution in [2.75, 3.05) is 18.1 Å². The lowest BCUT2D eigenvalue weighted by Crippen LogP contribution is -2.38. The van der Waals surface area contributed by atoms with Gasteiger partial charge in [0.05, 0.1) is 11.4 Å². The number of anilines is 1. The molecule has 0 bridgehead atoms. The van der Waals surface area contributed by atoms with Crippen molar-refractivity contribution in [3.8, 4) is 17.0 Å². The number of hydrogen-bond donors (Lipinski definition) is 0. The van der Waals surface area contributed by atoms with Crippen LogP contribution in [0.3, 0.4) is 0 Å². The molecule has 2 aromatic rings. The molecule has 6 heteroatoms. The standard InChI is InChI=1S/C15H14N2O3S/c1-3-17-11-6-10(4-5-12(11)20-8-14(17)19)15-9(2)21-13(7-18)16-15/h4-7H,3,8H2,1-2H3. The number of aromatic nitrogens is 1. The number of thiazole rings is 1. The highest BCUT2D eigenvalue weighted by molar-refractivity contribution is 7.13. The van der Waals surface area contributed by atoms with Crippen LogP contribution in [0, 0.1) is 6.92 Å². The second-order valence-corrected chi connectivity index (χ2v) is 5.92. The number of aldehydes is 1. The van der Waals surface area contributed by atoms with E-state index in [2.05, 4.69) is 4.98 Å². The summed E-state index contributed by atoms with van der Waals surface area (Å²) in [5.74, 6) is 0.648. The summed E-state index contributed by atoms with van der Waals surface area (Å²) in [7, 11) is 0. The number of rotatable bonds is 3. The molecule has 21 heavy (non-hydrogen) atoms. The number of nitrogens with zero attached hydrogens (tertiary/aromatic N) is 2. The molecule has 1 amide bonds. The SMILES string of the molecule is CCN1C(=O)COc2ccc(-c3nc(C=O)sc3C)cc21. The molecule has 1 aliphatic rings. The summed E-state index contributed by atoms with van der Waals surface area (Å²) in [4.78, 5) is 29.7. The first-order valence-electron chi connectivity index (χ1n) is 6.64. The summed E-state index contributed by atoms with van der Waals surface area (Å²) >= 11 is 1.36. The highest BCUT2D eigenvalue weighted by Gasteiger charge is 2.25. The summed E-state index contributed by atoms with van der Waals surface area (Å²) in [6.45, 7) is 4.52. The van der Waals surface area contributed by atoms with Crippen LogP contribution >= 0.6 is 11.3 Å². The van der Waals surface area contributed by atoms with Crippen LogP contribution in [0.1, 0.15) is 21.6 Å². The van der Waals surface area contributed by atoms with E-state index in [0.29, 0.717) is 17.3 Å². The van der Waals surface area contributed by atoms with E-state index in [-0.39, 0.29) is 12.5 Å². The van der Waals surface area contributed by atoms with Gasteiger partial charge in [-0.15, -0.1) is 11.3 Å². The van der Waals surface area contributed by atoms with Gasteiger partial charge in [0.2, 0.25) is 0 Å². The van der Waals surface area contributed by atoms with Gasteiger partial charge in [-0.3, -0.25) is 9.59 Å². The van der Waals surface area contributed by atoms with Gasteiger partial charge in [0.25, 0.3) is 5.91 Å². The molecule has 1 aromatic carbocycles. The molecule has 1 aromatic heterocycles. The van der Waals surface area contributed by atoms with Crippen molar-refractivity contribution in [1.82, 2.24) is 4.98 Å². The third-order valence-corrected chi connectivity index (χ3v) is 4.30. The Morgan fingerprint density at radius 1 is 1.48 bits per heavy atom. The predicted octanol–water partition coefficient (Wildman–Crippen LogP) is 2.68. The highest BCUT2D eigenvalue weighted by Crippen LogP contribution is 2.37. The maximum absolute atomic E-state index is 11.9. The molecule has 0 atom stereocenters. The molecule has 0 N–H and O–H groups in total. The van der Waals surface area contributed by atoms with Crippen LogP contribution < -0.4 is 9.64 Å². The number of ether oxygens (including phenoxy) is 1. The number of aryl methyl sites for hydroxylation is 1. The van der Waals surface area contributed by atoms with Crippen molar-refractivity contribution in [2.24, 2.45) is 0 Å². The maximum atomic E-state index is 11.9. The van der Waals surface area contributed by atoms with E-state index in [9.17, 15) is 9.59 Å². The molecule has 5 nitrogen and oxygen atoms in total. The fraction of sp³-hybridized carbons (Fsp3) is 0.267. The first kappa shape index (κ1) is 13.8. The van der Waals surface area contributed by atoms with E-state index in [4.69, 9.17) is 4.74 Å². The van der Waals surface area contributed by atoms with Gasteiger partial charge in [-0.2, -0.15) is 0 Å². The normalized spacial score (nSPS) is 13.8. The predicted molar refractivity (Wildman–Crippen MR) is 81.2 cm³/mol. The van der Waals surface area contributed by atoms with Gasteiger partial charge in [0, 0.05) is 17.0 Å². The average molecular weight is 302 g/mol. The third kappa shape index (κ3) is 2.31. The smallest absolute Gasteiger partial charge is 0.265 e. The molecule has 2 heterocycles. The molecular weight excluding hydrogens is 288 g/mol. The van der Waals surface area contributed by atoms with Gasteiger partial charge in [0.15, 0.2) is 17.9 Å². The number of hydrogen-bond acceptors (Lipinski definition) is 5. The molecule has 3 rings (SSSR count). The monoisotopic (exact) mass is 302 g/mol. The molecule has 0 radical (unpaired) electrons. The lowest BCUT2D eigenvalue weighted by Gasteiger charge is -2.28. The largest absolute Gasteiger partial charge is 0.482 e. The number of carbonyl (C=O) groups is 2. The molecule has 0 spiro atoms. The highest BCUT2D eigenvalue weighted by atomic mass is 32.1. The number of amides is 1. The van der Waals surface area contributed by atoms with Gasteiger partial charge in [-0.1, -0.05) is 0 Å².